The third-order valence-corrected chi connectivity index (χ3v) is 3.70. The van der Waals surface area contributed by atoms with Crippen LogP contribution in [-0.2, 0) is 6.18 Å². The lowest BCUT2D eigenvalue weighted by Crippen LogP contribution is -2.08. The van der Waals surface area contributed by atoms with Gasteiger partial charge in [0.1, 0.15) is 11.5 Å². The number of benzene rings is 1. The molecule has 0 aliphatic carbocycles. The van der Waals surface area contributed by atoms with Crippen molar-refractivity contribution < 1.29 is 17.6 Å². The predicted molar refractivity (Wildman–Crippen MR) is 64.6 cm³/mol. The fourth-order valence-corrected chi connectivity index (χ4v) is 2.79. The van der Waals surface area contributed by atoms with Gasteiger partial charge in [-0.2, -0.15) is 13.2 Å². The molecule has 0 aliphatic rings. The van der Waals surface area contributed by atoms with Gasteiger partial charge >= 0.3 is 6.18 Å². The van der Waals surface area contributed by atoms with Crippen LogP contribution in [0, 0.1) is 5.82 Å². The number of thiazole rings is 1. The Bertz CT molecular complexity index is 594. The van der Waals surface area contributed by atoms with E-state index in [2.05, 4.69) is 20.9 Å². The lowest BCUT2D eigenvalue weighted by atomic mass is 10.1. The van der Waals surface area contributed by atoms with E-state index in [4.69, 9.17) is 5.73 Å². The molecule has 2 aromatic rings. The highest BCUT2D eigenvalue weighted by Crippen LogP contribution is 2.39. The minimum atomic E-state index is -4.74. The van der Waals surface area contributed by atoms with E-state index in [1.165, 1.54) is 6.07 Å². The maximum atomic E-state index is 13.8. The standard InChI is InChI=1S/C10H5BrF4N2S/c11-8-7(17-9(16)18-8)4-2-1-3-5(6(4)12)10(13,14)15/h1-3H,(H2,16,17). The molecule has 8 heteroatoms. The molecule has 0 atom stereocenters. The van der Waals surface area contributed by atoms with Crippen molar-refractivity contribution in [1.82, 2.24) is 4.98 Å². The molecule has 1 aromatic heterocycles. The average Bonchev–Trinajstić information content (AvgIpc) is 2.56. The molecule has 0 unspecified atom stereocenters. The van der Waals surface area contributed by atoms with E-state index in [0.717, 1.165) is 17.4 Å². The van der Waals surface area contributed by atoms with Gasteiger partial charge in [-0.1, -0.05) is 17.4 Å². The first-order chi connectivity index (χ1) is 8.30. The Morgan fingerprint density at radius 3 is 2.44 bits per heavy atom. The van der Waals surface area contributed by atoms with Crippen molar-refractivity contribution in [1.29, 1.82) is 0 Å². The Hall–Kier alpha value is -1.15. The van der Waals surface area contributed by atoms with Gasteiger partial charge in [-0.05, 0) is 28.1 Å². The summed E-state index contributed by atoms with van der Waals surface area (Å²) in [5.41, 5.74) is 3.94. The zero-order valence-electron chi connectivity index (χ0n) is 8.55. The summed E-state index contributed by atoms with van der Waals surface area (Å²) >= 11 is 4.11. The van der Waals surface area contributed by atoms with Gasteiger partial charge < -0.3 is 5.73 Å². The molecule has 0 radical (unpaired) electrons. The lowest BCUT2D eigenvalue weighted by molar-refractivity contribution is -0.139. The van der Waals surface area contributed by atoms with E-state index >= 15 is 0 Å². The predicted octanol–water partition coefficient (Wildman–Crippen LogP) is 4.31. The smallest absolute Gasteiger partial charge is 0.375 e. The molecule has 2 N–H and O–H groups in total. The summed E-state index contributed by atoms with van der Waals surface area (Å²) in [6, 6.07) is 3.04. The summed E-state index contributed by atoms with van der Waals surface area (Å²) in [5, 5.41) is 0.147. The van der Waals surface area contributed by atoms with Gasteiger partial charge in [-0.25, -0.2) is 9.37 Å². The van der Waals surface area contributed by atoms with E-state index in [0.29, 0.717) is 9.85 Å². The molecule has 0 saturated carbocycles. The van der Waals surface area contributed by atoms with Crippen LogP contribution in [0.15, 0.2) is 22.0 Å². The lowest BCUT2D eigenvalue weighted by Gasteiger charge is -2.10. The SMILES string of the molecule is Nc1nc(-c2cccc(C(F)(F)F)c2F)c(Br)s1. The van der Waals surface area contributed by atoms with Crippen molar-refractivity contribution in [3.05, 3.63) is 33.4 Å². The fraction of sp³-hybridized carbons (Fsp3) is 0.100. The summed E-state index contributed by atoms with van der Waals surface area (Å²) in [6.45, 7) is 0. The number of alkyl halides is 3. The maximum Gasteiger partial charge on any atom is 0.419 e. The fourth-order valence-electron chi connectivity index (χ4n) is 1.42. The number of nitrogens with two attached hydrogens (primary N) is 1. The summed E-state index contributed by atoms with van der Waals surface area (Å²) in [4.78, 5) is 3.81. The van der Waals surface area contributed by atoms with E-state index in [1.807, 2.05) is 0 Å². The second kappa shape index (κ2) is 4.51. The van der Waals surface area contributed by atoms with Crippen molar-refractivity contribution in [3.63, 3.8) is 0 Å². The van der Waals surface area contributed by atoms with E-state index in [-0.39, 0.29) is 16.4 Å². The first-order valence-corrected chi connectivity index (χ1v) is 6.19. The van der Waals surface area contributed by atoms with Crippen LogP contribution in [0.3, 0.4) is 0 Å². The second-order valence-electron chi connectivity index (χ2n) is 3.34. The van der Waals surface area contributed by atoms with Crippen molar-refractivity contribution in [2.24, 2.45) is 0 Å². The molecule has 18 heavy (non-hydrogen) atoms. The summed E-state index contributed by atoms with van der Waals surface area (Å²) in [5.74, 6) is -1.35. The van der Waals surface area contributed by atoms with Crippen LogP contribution in [0.4, 0.5) is 22.7 Å². The Balaban J connectivity index is 2.63. The maximum absolute atomic E-state index is 13.8. The van der Waals surface area contributed by atoms with Crippen LogP contribution in [-0.4, -0.2) is 4.98 Å². The third kappa shape index (κ3) is 2.35. The summed E-state index contributed by atoms with van der Waals surface area (Å²) < 4.78 is 51.9. The van der Waals surface area contributed by atoms with Crippen LogP contribution in [0.1, 0.15) is 5.56 Å². The number of hydrogen-bond acceptors (Lipinski definition) is 3. The van der Waals surface area contributed by atoms with Crippen LogP contribution in [0.5, 0.6) is 0 Å². The van der Waals surface area contributed by atoms with Gasteiger partial charge in [0.05, 0.1) is 9.35 Å². The monoisotopic (exact) mass is 340 g/mol. The van der Waals surface area contributed by atoms with E-state index in [9.17, 15) is 17.6 Å². The molecule has 0 bridgehead atoms. The highest BCUT2D eigenvalue weighted by molar-refractivity contribution is 9.11. The zero-order valence-corrected chi connectivity index (χ0v) is 11.0. The number of hydrogen-bond donors (Lipinski definition) is 1. The van der Waals surface area contributed by atoms with Crippen molar-refractivity contribution in [3.8, 4) is 11.3 Å². The molecule has 0 aliphatic heterocycles. The Morgan fingerprint density at radius 2 is 1.94 bits per heavy atom. The molecule has 96 valence electrons. The minimum Gasteiger partial charge on any atom is -0.375 e. The molecular weight excluding hydrogens is 336 g/mol. The number of anilines is 1. The number of rotatable bonds is 1. The van der Waals surface area contributed by atoms with Crippen LogP contribution >= 0.6 is 27.3 Å². The number of nitrogen functional groups attached to an aromatic ring is 1. The Kier molecular flexibility index (Phi) is 3.33. The second-order valence-corrected chi connectivity index (χ2v) is 5.69. The molecule has 0 spiro atoms. The number of halogens is 5. The normalized spacial score (nSPS) is 11.8. The quantitative estimate of drug-likeness (QED) is 0.785. The van der Waals surface area contributed by atoms with Gasteiger partial charge in [0.25, 0.3) is 0 Å². The van der Waals surface area contributed by atoms with Crippen molar-refractivity contribution in [2.45, 2.75) is 6.18 Å². The Morgan fingerprint density at radius 1 is 1.28 bits per heavy atom. The minimum absolute atomic E-state index is 0.0705. The van der Waals surface area contributed by atoms with E-state index in [1.54, 1.807) is 0 Å². The topological polar surface area (TPSA) is 38.9 Å². The van der Waals surface area contributed by atoms with Crippen LogP contribution in [0.25, 0.3) is 11.3 Å². The van der Waals surface area contributed by atoms with Gasteiger partial charge in [-0.3, -0.25) is 0 Å². The van der Waals surface area contributed by atoms with Crippen LogP contribution < -0.4 is 5.73 Å². The first-order valence-electron chi connectivity index (χ1n) is 4.58. The van der Waals surface area contributed by atoms with Crippen molar-refractivity contribution >= 4 is 32.4 Å². The third-order valence-electron chi connectivity index (χ3n) is 2.16. The highest BCUT2D eigenvalue weighted by atomic mass is 79.9. The number of aromatic nitrogens is 1. The first kappa shape index (κ1) is 13.3. The van der Waals surface area contributed by atoms with E-state index < -0.39 is 17.6 Å². The Labute approximate surface area is 112 Å². The van der Waals surface area contributed by atoms with Gasteiger partial charge in [0.15, 0.2) is 5.13 Å². The number of nitrogens with zero attached hydrogens (tertiary/aromatic N) is 1. The average molecular weight is 341 g/mol. The highest BCUT2D eigenvalue weighted by Gasteiger charge is 2.35. The molecule has 1 heterocycles. The van der Waals surface area contributed by atoms with Gasteiger partial charge in [0.2, 0.25) is 0 Å². The molecule has 2 rings (SSSR count). The molecule has 0 fully saturated rings. The molecule has 2 nitrogen and oxygen atoms in total. The van der Waals surface area contributed by atoms with Crippen molar-refractivity contribution in [2.75, 3.05) is 5.73 Å². The summed E-state index contributed by atoms with van der Waals surface area (Å²) in [7, 11) is 0. The zero-order chi connectivity index (χ0) is 13.5. The molecule has 1 aromatic carbocycles. The van der Waals surface area contributed by atoms with Crippen LogP contribution in [0.2, 0.25) is 0 Å². The summed E-state index contributed by atoms with van der Waals surface area (Å²) in [6.07, 6.45) is -4.74. The molecule has 0 amide bonds. The van der Waals surface area contributed by atoms with Gasteiger partial charge in [-0.15, -0.1) is 0 Å². The largest absolute Gasteiger partial charge is 0.419 e. The molecular formula is C10H5BrF4N2S. The molecule has 0 saturated heterocycles. The van der Waals surface area contributed by atoms with Gasteiger partial charge in [0, 0.05) is 5.56 Å².